The molecule has 1 N–H and O–H groups in total. The Balaban J connectivity index is 3.37. The van der Waals surface area contributed by atoms with Crippen LogP contribution >= 0.6 is 0 Å². The van der Waals surface area contributed by atoms with E-state index in [-0.39, 0.29) is 6.61 Å². The van der Waals surface area contributed by atoms with Crippen molar-refractivity contribution >= 4 is 17.8 Å². The van der Waals surface area contributed by atoms with E-state index in [1.165, 1.54) is 6.92 Å². The Morgan fingerprint density at radius 2 is 1.43 bits per heavy atom. The molecule has 166 valence electrons. The molecule has 1 amide bonds. The Bertz CT molecular complexity index is 867. The van der Waals surface area contributed by atoms with Crippen LogP contribution in [0.2, 0.25) is 0 Å². The molecule has 1 aromatic carbocycles. The molecular weight excluding hydrogens is 419 g/mol. The molecule has 0 bridgehead atoms. The predicted octanol–water partition coefficient (Wildman–Crippen LogP) is 3.38. The third kappa shape index (κ3) is 5.67. The van der Waals surface area contributed by atoms with E-state index in [9.17, 15) is 36.3 Å². The minimum absolute atomic E-state index is 0.275. The SMILES string of the molecule is CCOC(=O)C(=CNN(C)C(=O)OC(C)(C)C)C(=O)c1c(F)c(F)c(F)c(F)c1F. The Labute approximate surface area is 168 Å². The average Bonchev–Trinajstić information content (AvgIpc) is 2.63. The van der Waals surface area contributed by atoms with Crippen molar-refractivity contribution < 1.29 is 45.8 Å². The van der Waals surface area contributed by atoms with Gasteiger partial charge in [-0.1, -0.05) is 0 Å². The van der Waals surface area contributed by atoms with Gasteiger partial charge in [0, 0.05) is 13.2 Å². The van der Waals surface area contributed by atoms with E-state index in [0.29, 0.717) is 11.2 Å². The first-order valence-electron chi connectivity index (χ1n) is 8.39. The molecule has 30 heavy (non-hydrogen) atoms. The maximum absolute atomic E-state index is 13.9. The van der Waals surface area contributed by atoms with Crippen molar-refractivity contribution in [2.45, 2.75) is 33.3 Å². The number of carbonyl (C=O) groups is 3. The van der Waals surface area contributed by atoms with Gasteiger partial charge in [0.2, 0.25) is 11.6 Å². The number of halogens is 5. The summed E-state index contributed by atoms with van der Waals surface area (Å²) < 4.78 is 77.5. The van der Waals surface area contributed by atoms with Crippen molar-refractivity contribution in [1.29, 1.82) is 0 Å². The van der Waals surface area contributed by atoms with E-state index < -0.39 is 63.7 Å². The Morgan fingerprint density at radius 1 is 0.967 bits per heavy atom. The van der Waals surface area contributed by atoms with E-state index in [2.05, 4.69) is 10.2 Å². The van der Waals surface area contributed by atoms with Gasteiger partial charge in [-0.3, -0.25) is 10.2 Å². The quantitative estimate of drug-likeness (QED) is 0.0844. The van der Waals surface area contributed by atoms with Crippen LogP contribution in [0.25, 0.3) is 0 Å². The molecule has 1 aromatic rings. The summed E-state index contributed by atoms with van der Waals surface area (Å²) in [4.78, 5) is 36.4. The van der Waals surface area contributed by atoms with Crippen LogP contribution in [-0.2, 0) is 14.3 Å². The zero-order valence-corrected chi connectivity index (χ0v) is 16.7. The molecule has 0 fully saturated rings. The number of hydrogen-bond acceptors (Lipinski definition) is 6. The van der Waals surface area contributed by atoms with Crippen LogP contribution in [0.15, 0.2) is 11.8 Å². The molecule has 0 unspecified atom stereocenters. The van der Waals surface area contributed by atoms with E-state index in [0.717, 1.165) is 7.05 Å². The van der Waals surface area contributed by atoms with Crippen molar-refractivity contribution in [2.24, 2.45) is 0 Å². The summed E-state index contributed by atoms with van der Waals surface area (Å²) in [5, 5.41) is 0.663. The summed E-state index contributed by atoms with van der Waals surface area (Å²) in [7, 11) is 1.12. The Kier molecular flexibility index (Phi) is 7.91. The molecule has 0 atom stereocenters. The second kappa shape index (κ2) is 9.55. The van der Waals surface area contributed by atoms with Crippen LogP contribution in [-0.4, -0.2) is 42.1 Å². The molecule has 0 radical (unpaired) electrons. The number of hydrazine groups is 1. The van der Waals surface area contributed by atoms with Gasteiger partial charge in [-0.05, 0) is 27.7 Å². The fraction of sp³-hybridized carbons (Fsp3) is 0.389. The predicted molar refractivity (Wildman–Crippen MR) is 92.4 cm³/mol. The van der Waals surface area contributed by atoms with Gasteiger partial charge in [0.15, 0.2) is 23.3 Å². The molecule has 1 rings (SSSR count). The lowest BCUT2D eigenvalue weighted by molar-refractivity contribution is -0.138. The van der Waals surface area contributed by atoms with Gasteiger partial charge < -0.3 is 9.47 Å². The monoisotopic (exact) mass is 438 g/mol. The molecule has 0 aliphatic rings. The molecular formula is C18H19F5N2O5. The van der Waals surface area contributed by atoms with Crippen LogP contribution in [0.5, 0.6) is 0 Å². The first kappa shape index (κ1) is 24.9. The zero-order valence-electron chi connectivity index (χ0n) is 16.7. The van der Waals surface area contributed by atoms with Gasteiger partial charge in [-0.15, -0.1) is 0 Å². The number of nitrogens with zero attached hydrogens (tertiary/aromatic N) is 1. The molecule has 0 saturated carbocycles. The average molecular weight is 438 g/mol. The topological polar surface area (TPSA) is 84.9 Å². The fourth-order valence-electron chi connectivity index (χ4n) is 1.91. The third-order valence-corrected chi connectivity index (χ3v) is 3.25. The number of hydrogen-bond donors (Lipinski definition) is 1. The maximum Gasteiger partial charge on any atom is 0.428 e. The van der Waals surface area contributed by atoms with Crippen LogP contribution in [0.1, 0.15) is 38.1 Å². The van der Waals surface area contributed by atoms with Gasteiger partial charge in [0.25, 0.3) is 0 Å². The summed E-state index contributed by atoms with van der Waals surface area (Å²) in [5.41, 5.74) is -1.74. The van der Waals surface area contributed by atoms with Crippen LogP contribution in [0.4, 0.5) is 26.7 Å². The van der Waals surface area contributed by atoms with Crippen molar-refractivity contribution in [2.75, 3.05) is 13.7 Å². The minimum atomic E-state index is -2.47. The second-order valence-electron chi connectivity index (χ2n) is 6.72. The van der Waals surface area contributed by atoms with Crippen molar-refractivity contribution in [1.82, 2.24) is 10.4 Å². The largest absolute Gasteiger partial charge is 0.462 e. The smallest absolute Gasteiger partial charge is 0.428 e. The normalized spacial score (nSPS) is 11.7. The lowest BCUT2D eigenvalue weighted by Crippen LogP contribution is -2.41. The molecule has 0 aromatic heterocycles. The number of nitrogens with one attached hydrogen (secondary N) is 1. The lowest BCUT2D eigenvalue weighted by atomic mass is 10.0. The van der Waals surface area contributed by atoms with E-state index in [4.69, 9.17) is 4.74 Å². The summed E-state index contributed by atoms with van der Waals surface area (Å²) in [6, 6.07) is 0. The number of rotatable bonds is 6. The Morgan fingerprint density at radius 3 is 1.87 bits per heavy atom. The van der Waals surface area contributed by atoms with Gasteiger partial charge in [-0.2, -0.15) is 0 Å². The van der Waals surface area contributed by atoms with Gasteiger partial charge in [0.05, 0.1) is 6.61 Å². The highest BCUT2D eigenvalue weighted by atomic mass is 19.2. The number of ketones is 1. The summed E-state index contributed by atoms with van der Waals surface area (Å²) >= 11 is 0. The highest BCUT2D eigenvalue weighted by molar-refractivity contribution is 6.24. The van der Waals surface area contributed by atoms with E-state index >= 15 is 0 Å². The maximum atomic E-state index is 13.9. The number of esters is 1. The molecule has 7 nitrogen and oxygen atoms in total. The highest BCUT2D eigenvalue weighted by Crippen LogP contribution is 2.25. The van der Waals surface area contributed by atoms with Crippen LogP contribution in [0.3, 0.4) is 0 Å². The number of benzene rings is 1. The van der Waals surface area contributed by atoms with Crippen molar-refractivity contribution in [3.8, 4) is 0 Å². The van der Waals surface area contributed by atoms with Crippen LogP contribution in [0, 0.1) is 29.1 Å². The van der Waals surface area contributed by atoms with Gasteiger partial charge >= 0.3 is 12.1 Å². The number of amides is 1. The molecule has 0 aliphatic carbocycles. The first-order chi connectivity index (χ1) is 13.7. The molecule has 0 heterocycles. The van der Waals surface area contributed by atoms with Crippen LogP contribution < -0.4 is 5.43 Å². The lowest BCUT2D eigenvalue weighted by Gasteiger charge is -2.24. The number of ether oxygens (including phenoxy) is 2. The summed E-state index contributed by atoms with van der Waals surface area (Å²) in [6.07, 6.45) is -0.451. The second-order valence-corrected chi connectivity index (χ2v) is 6.72. The fourth-order valence-corrected chi connectivity index (χ4v) is 1.91. The number of Topliss-reactive ketones (excluding diaryl/α,β-unsaturated/α-hetero) is 1. The first-order valence-corrected chi connectivity index (χ1v) is 8.39. The van der Waals surface area contributed by atoms with E-state index in [1.807, 2.05) is 0 Å². The molecule has 12 heteroatoms. The molecule has 0 saturated heterocycles. The minimum Gasteiger partial charge on any atom is -0.462 e. The zero-order chi connectivity index (χ0) is 23.4. The Hall–Kier alpha value is -3.18. The van der Waals surface area contributed by atoms with Crippen molar-refractivity contribution in [3.05, 3.63) is 46.4 Å². The highest BCUT2D eigenvalue weighted by Gasteiger charge is 2.34. The van der Waals surface area contributed by atoms with Gasteiger partial charge in [0.1, 0.15) is 16.7 Å². The van der Waals surface area contributed by atoms with Crippen molar-refractivity contribution in [3.63, 3.8) is 0 Å². The standard InChI is InChI=1S/C18H19F5N2O5/c1-6-29-16(27)8(7-24-25(5)17(28)30-18(2,3)4)15(26)9-10(19)12(21)14(23)13(22)11(9)20/h7,24H,6H2,1-5H3. The number of carbonyl (C=O) groups excluding carboxylic acids is 3. The third-order valence-electron chi connectivity index (χ3n) is 3.25. The summed E-state index contributed by atoms with van der Waals surface area (Å²) in [6.45, 7) is 5.75. The molecule has 0 spiro atoms. The molecule has 0 aliphatic heterocycles. The summed E-state index contributed by atoms with van der Waals surface area (Å²) in [5.74, 6) is -15.3. The van der Waals surface area contributed by atoms with E-state index in [1.54, 1.807) is 20.8 Å². The van der Waals surface area contributed by atoms with Gasteiger partial charge in [-0.25, -0.2) is 36.6 Å².